The molecule has 1 amide bonds. The summed E-state index contributed by atoms with van der Waals surface area (Å²) < 4.78 is 0. The number of nitrogens with one attached hydrogen (secondary N) is 1. The quantitative estimate of drug-likeness (QED) is 0.774. The topological polar surface area (TPSA) is 66.4 Å². The third-order valence-corrected chi connectivity index (χ3v) is 5.51. The van der Waals surface area contributed by atoms with Gasteiger partial charge in [0.1, 0.15) is 0 Å². The standard InChI is InChI=1S/C16H23NO3/c18-15(13-3-1-2-4-14(13)16(19)20)17-9-12-8-10-5-6-11(12)7-10/h1-2,10-14H,3-9H2,(H,17,18)(H,19,20)/t10?,11?,12?,13-,14+/m1/s1. The van der Waals surface area contributed by atoms with E-state index in [1.807, 2.05) is 12.2 Å². The van der Waals surface area contributed by atoms with Gasteiger partial charge in [0.2, 0.25) is 5.91 Å². The summed E-state index contributed by atoms with van der Waals surface area (Å²) in [5.74, 6) is 0.434. The molecule has 3 rings (SSSR count). The van der Waals surface area contributed by atoms with Crippen LogP contribution in [0.15, 0.2) is 12.2 Å². The lowest BCUT2D eigenvalue weighted by Crippen LogP contribution is -2.41. The molecule has 4 heteroatoms. The van der Waals surface area contributed by atoms with Gasteiger partial charge >= 0.3 is 5.97 Å². The molecule has 2 N–H and O–H groups in total. The van der Waals surface area contributed by atoms with Gasteiger partial charge in [-0.2, -0.15) is 0 Å². The third-order valence-electron chi connectivity index (χ3n) is 5.51. The molecule has 3 aliphatic rings. The molecular weight excluding hydrogens is 254 g/mol. The summed E-state index contributed by atoms with van der Waals surface area (Å²) in [4.78, 5) is 23.5. The van der Waals surface area contributed by atoms with Gasteiger partial charge in [0.05, 0.1) is 11.8 Å². The third kappa shape index (κ3) is 2.60. The molecule has 0 saturated heterocycles. The Balaban J connectivity index is 1.53. The van der Waals surface area contributed by atoms with Crippen LogP contribution in [0.2, 0.25) is 0 Å². The fraction of sp³-hybridized carbons (Fsp3) is 0.750. The summed E-state index contributed by atoms with van der Waals surface area (Å²) >= 11 is 0. The summed E-state index contributed by atoms with van der Waals surface area (Å²) in [5, 5.41) is 12.2. The number of rotatable bonds is 4. The highest BCUT2D eigenvalue weighted by Crippen LogP contribution is 2.47. The molecule has 0 aromatic carbocycles. The Labute approximate surface area is 119 Å². The molecule has 20 heavy (non-hydrogen) atoms. The van der Waals surface area contributed by atoms with Gasteiger partial charge in [0, 0.05) is 6.54 Å². The van der Waals surface area contributed by atoms with E-state index in [0.717, 1.165) is 18.4 Å². The van der Waals surface area contributed by atoms with Gasteiger partial charge in [-0.15, -0.1) is 0 Å². The number of allylic oxidation sites excluding steroid dienone is 2. The van der Waals surface area contributed by atoms with Crippen LogP contribution in [0.5, 0.6) is 0 Å². The predicted octanol–water partition coefficient (Wildman–Crippen LogP) is 2.21. The second-order valence-corrected chi connectivity index (χ2v) is 6.67. The summed E-state index contributed by atoms with van der Waals surface area (Å²) in [6.07, 6.45) is 10.1. The van der Waals surface area contributed by atoms with Crippen molar-refractivity contribution < 1.29 is 14.7 Å². The first-order chi connectivity index (χ1) is 9.65. The average Bonchev–Trinajstić information content (AvgIpc) is 3.07. The van der Waals surface area contributed by atoms with Gasteiger partial charge in [-0.05, 0) is 49.9 Å². The number of carbonyl (C=O) groups excluding carboxylic acids is 1. The van der Waals surface area contributed by atoms with Crippen LogP contribution >= 0.6 is 0 Å². The normalized spacial score (nSPS) is 38.9. The first kappa shape index (κ1) is 13.7. The van der Waals surface area contributed by atoms with E-state index in [-0.39, 0.29) is 5.91 Å². The first-order valence-electron chi connectivity index (χ1n) is 7.80. The predicted molar refractivity (Wildman–Crippen MR) is 74.9 cm³/mol. The minimum atomic E-state index is -0.852. The van der Waals surface area contributed by atoms with Gasteiger partial charge < -0.3 is 10.4 Å². The van der Waals surface area contributed by atoms with Crippen molar-refractivity contribution in [1.29, 1.82) is 0 Å². The maximum atomic E-state index is 12.3. The highest BCUT2D eigenvalue weighted by molar-refractivity contribution is 5.85. The van der Waals surface area contributed by atoms with E-state index in [1.54, 1.807) is 0 Å². The zero-order valence-electron chi connectivity index (χ0n) is 11.8. The molecule has 4 nitrogen and oxygen atoms in total. The van der Waals surface area contributed by atoms with Crippen LogP contribution in [-0.4, -0.2) is 23.5 Å². The molecule has 0 radical (unpaired) electrons. The second-order valence-electron chi connectivity index (χ2n) is 6.67. The van der Waals surface area contributed by atoms with Gasteiger partial charge in [-0.3, -0.25) is 9.59 Å². The van der Waals surface area contributed by atoms with Crippen molar-refractivity contribution in [2.24, 2.45) is 29.6 Å². The van der Waals surface area contributed by atoms with Crippen molar-refractivity contribution >= 4 is 11.9 Å². The maximum Gasteiger partial charge on any atom is 0.307 e. The van der Waals surface area contributed by atoms with Gasteiger partial charge in [0.25, 0.3) is 0 Å². The summed E-state index contributed by atoms with van der Waals surface area (Å²) in [6.45, 7) is 0.743. The number of amides is 1. The highest BCUT2D eigenvalue weighted by Gasteiger charge is 2.40. The van der Waals surface area contributed by atoms with Gasteiger partial charge in [0.15, 0.2) is 0 Å². The fourth-order valence-corrected chi connectivity index (χ4v) is 4.37. The lowest BCUT2D eigenvalue weighted by molar-refractivity contribution is -0.147. The molecule has 0 aliphatic heterocycles. The van der Waals surface area contributed by atoms with Crippen LogP contribution in [0.4, 0.5) is 0 Å². The van der Waals surface area contributed by atoms with Crippen molar-refractivity contribution in [3.63, 3.8) is 0 Å². The number of aliphatic carboxylic acids is 1. The van der Waals surface area contributed by atoms with Crippen LogP contribution in [0.3, 0.4) is 0 Å². The van der Waals surface area contributed by atoms with Crippen LogP contribution in [-0.2, 0) is 9.59 Å². The Kier molecular flexibility index (Phi) is 3.81. The van der Waals surface area contributed by atoms with Crippen molar-refractivity contribution in [1.82, 2.24) is 5.32 Å². The molecule has 2 fully saturated rings. The second kappa shape index (κ2) is 5.58. The van der Waals surface area contributed by atoms with Crippen LogP contribution in [0, 0.1) is 29.6 Å². The van der Waals surface area contributed by atoms with Crippen molar-refractivity contribution in [2.75, 3.05) is 6.54 Å². The Hall–Kier alpha value is -1.32. The van der Waals surface area contributed by atoms with E-state index in [0.29, 0.717) is 18.8 Å². The van der Waals surface area contributed by atoms with Gasteiger partial charge in [-0.1, -0.05) is 18.6 Å². The number of carboxylic acids is 1. The number of fused-ring (bicyclic) bond motifs is 2. The molecule has 3 aliphatic carbocycles. The number of hydrogen-bond donors (Lipinski definition) is 2. The number of carboxylic acid groups (broad SMARTS) is 1. The van der Waals surface area contributed by atoms with Crippen molar-refractivity contribution in [3.8, 4) is 0 Å². The average molecular weight is 277 g/mol. The molecular formula is C16H23NO3. The zero-order chi connectivity index (χ0) is 14.1. The Morgan fingerprint density at radius 3 is 2.45 bits per heavy atom. The summed E-state index contributed by atoms with van der Waals surface area (Å²) in [5.41, 5.74) is 0. The minimum absolute atomic E-state index is 0.0653. The molecule has 3 unspecified atom stereocenters. The Morgan fingerprint density at radius 2 is 1.85 bits per heavy atom. The van der Waals surface area contributed by atoms with Crippen molar-refractivity contribution in [3.05, 3.63) is 12.2 Å². The molecule has 0 aromatic heterocycles. The maximum absolute atomic E-state index is 12.3. The lowest BCUT2D eigenvalue weighted by Gasteiger charge is -2.26. The SMILES string of the molecule is O=C(O)[C@H]1CC=CC[C@H]1C(=O)NCC1CC2CCC1C2. The van der Waals surface area contributed by atoms with Crippen molar-refractivity contribution in [2.45, 2.75) is 38.5 Å². The molecule has 2 saturated carbocycles. The largest absolute Gasteiger partial charge is 0.481 e. The van der Waals surface area contributed by atoms with Crippen LogP contribution in [0.1, 0.15) is 38.5 Å². The highest BCUT2D eigenvalue weighted by atomic mass is 16.4. The minimum Gasteiger partial charge on any atom is -0.481 e. The smallest absolute Gasteiger partial charge is 0.307 e. The van der Waals surface area contributed by atoms with E-state index < -0.39 is 17.8 Å². The first-order valence-corrected chi connectivity index (χ1v) is 7.80. The Bertz CT molecular complexity index is 431. The van der Waals surface area contributed by atoms with Crippen LogP contribution in [0.25, 0.3) is 0 Å². The van der Waals surface area contributed by atoms with E-state index in [4.69, 9.17) is 0 Å². The molecule has 0 heterocycles. The van der Waals surface area contributed by atoms with Crippen LogP contribution < -0.4 is 5.32 Å². The van der Waals surface area contributed by atoms with E-state index in [9.17, 15) is 14.7 Å². The molecule has 2 bridgehead atoms. The molecule has 0 spiro atoms. The van der Waals surface area contributed by atoms with E-state index in [1.165, 1.54) is 25.7 Å². The van der Waals surface area contributed by atoms with Gasteiger partial charge in [-0.25, -0.2) is 0 Å². The zero-order valence-corrected chi connectivity index (χ0v) is 11.8. The molecule has 0 aromatic rings. The monoisotopic (exact) mass is 277 g/mol. The van der Waals surface area contributed by atoms with E-state index in [2.05, 4.69) is 5.32 Å². The summed E-state index contributed by atoms with van der Waals surface area (Å²) in [6, 6.07) is 0. The molecule has 5 atom stereocenters. The lowest BCUT2D eigenvalue weighted by atomic mass is 9.82. The fourth-order valence-electron chi connectivity index (χ4n) is 4.37. The number of hydrogen-bond acceptors (Lipinski definition) is 2. The van der Waals surface area contributed by atoms with E-state index >= 15 is 0 Å². The summed E-state index contributed by atoms with van der Waals surface area (Å²) in [7, 11) is 0. The number of carbonyl (C=O) groups is 2. The molecule has 110 valence electrons. The Morgan fingerprint density at radius 1 is 1.10 bits per heavy atom.